The largest absolute Gasteiger partial charge is 0.468 e. The van der Waals surface area contributed by atoms with E-state index in [1.807, 2.05) is 43.3 Å². The maximum absolute atomic E-state index is 12.4. The molecular weight excluding hydrogens is 406 g/mol. The molecule has 0 heterocycles. The molecule has 0 aliphatic carbocycles. The molecule has 0 N–H and O–H groups in total. The third kappa shape index (κ3) is 7.54. The van der Waals surface area contributed by atoms with Crippen LogP contribution in [0.4, 0.5) is 10.5 Å². The number of methoxy groups -OCH3 is 2. The van der Waals surface area contributed by atoms with Crippen LogP contribution in [0.25, 0.3) is 5.57 Å². The van der Waals surface area contributed by atoms with Crippen LogP contribution in [0.2, 0.25) is 0 Å². The molecule has 0 saturated carbocycles. The van der Waals surface area contributed by atoms with Crippen LogP contribution in [0.15, 0.2) is 60.7 Å². The fourth-order valence-corrected chi connectivity index (χ4v) is 3.21. The van der Waals surface area contributed by atoms with Gasteiger partial charge < -0.3 is 14.2 Å². The average molecular weight is 440 g/mol. The lowest BCUT2D eigenvalue weighted by atomic mass is 9.88. The molecule has 0 aromatic heterocycles. The van der Waals surface area contributed by atoms with E-state index in [0.717, 1.165) is 23.1 Å². The van der Waals surface area contributed by atoms with E-state index >= 15 is 0 Å². The Kier molecular flexibility index (Phi) is 9.47. The molecule has 172 valence electrons. The van der Waals surface area contributed by atoms with Crippen molar-refractivity contribution in [3.05, 3.63) is 71.8 Å². The summed E-state index contributed by atoms with van der Waals surface area (Å²) in [6.45, 7) is 7.28. The highest BCUT2D eigenvalue weighted by atomic mass is 16.5. The second kappa shape index (κ2) is 12.1. The molecule has 0 saturated heterocycles. The molecule has 2 rings (SSSR count). The van der Waals surface area contributed by atoms with Gasteiger partial charge in [-0.3, -0.25) is 9.69 Å². The number of nitrogens with zero attached hydrogens (tertiary/aromatic N) is 1. The predicted octanol–water partition coefficient (Wildman–Crippen LogP) is 5.47. The second-order valence-corrected chi connectivity index (χ2v) is 8.38. The van der Waals surface area contributed by atoms with Gasteiger partial charge in [-0.15, -0.1) is 0 Å². The van der Waals surface area contributed by atoms with Crippen molar-refractivity contribution in [2.45, 2.75) is 33.8 Å². The molecule has 0 atom stereocenters. The lowest BCUT2D eigenvalue weighted by molar-refractivity contribution is -0.138. The van der Waals surface area contributed by atoms with Crippen molar-refractivity contribution in [2.24, 2.45) is 5.41 Å². The summed E-state index contributed by atoms with van der Waals surface area (Å²) in [5, 5.41) is 0. The van der Waals surface area contributed by atoms with Crippen molar-refractivity contribution in [3.8, 4) is 0 Å². The number of amides is 1. The zero-order valence-electron chi connectivity index (χ0n) is 19.6. The maximum atomic E-state index is 12.4. The van der Waals surface area contributed by atoms with Crippen LogP contribution < -0.4 is 4.90 Å². The number of esters is 1. The van der Waals surface area contributed by atoms with E-state index in [2.05, 4.69) is 32.1 Å². The summed E-state index contributed by atoms with van der Waals surface area (Å²) >= 11 is 0. The van der Waals surface area contributed by atoms with Crippen molar-refractivity contribution in [1.82, 2.24) is 0 Å². The Labute approximate surface area is 190 Å². The molecule has 6 heteroatoms. The monoisotopic (exact) mass is 439 g/mol. The first-order chi connectivity index (χ1) is 15.3. The molecule has 2 aromatic carbocycles. The van der Waals surface area contributed by atoms with Gasteiger partial charge in [-0.2, -0.15) is 0 Å². The van der Waals surface area contributed by atoms with Crippen LogP contribution in [0, 0.1) is 5.41 Å². The normalized spacial score (nSPS) is 11.7. The Morgan fingerprint density at radius 3 is 2.28 bits per heavy atom. The van der Waals surface area contributed by atoms with Crippen molar-refractivity contribution in [2.75, 3.05) is 32.3 Å². The quantitative estimate of drug-likeness (QED) is 0.459. The van der Waals surface area contributed by atoms with Gasteiger partial charge in [0, 0.05) is 5.56 Å². The van der Waals surface area contributed by atoms with E-state index in [-0.39, 0.29) is 12.0 Å². The lowest BCUT2D eigenvalue weighted by Gasteiger charge is -2.25. The first-order valence-corrected chi connectivity index (χ1v) is 10.6. The first-order valence-electron chi connectivity index (χ1n) is 10.6. The number of benzene rings is 2. The third-order valence-electron chi connectivity index (χ3n) is 5.09. The number of rotatable bonds is 10. The Morgan fingerprint density at radius 2 is 1.62 bits per heavy atom. The molecule has 0 bridgehead atoms. The Bertz CT molecular complexity index is 921. The summed E-state index contributed by atoms with van der Waals surface area (Å²) in [5.41, 5.74) is 3.52. The highest BCUT2D eigenvalue weighted by Gasteiger charge is 2.23. The molecule has 1 amide bonds. The number of allylic oxidation sites excluding steroid dienone is 2. The average Bonchev–Trinajstić information content (AvgIpc) is 2.81. The van der Waals surface area contributed by atoms with Gasteiger partial charge in [-0.25, -0.2) is 4.79 Å². The van der Waals surface area contributed by atoms with Gasteiger partial charge >= 0.3 is 12.1 Å². The minimum absolute atomic E-state index is 0.0704. The number of hydrogen-bond acceptors (Lipinski definition) is 5. The van der Waals surface area contributed by atoms with Crippen molar-refractivity contribution in [3.63, 3.8) is 0 Å². The number of para-hydroxylation sites is 1. The maximum Gasteiger partial charge on any atom is 0.414 e. The van der Waals surface area contributed by atoms with Gasteiger partial charge in [0.2, 0.25) is 0 Å². The van der Waals surface area contributed by atoms with E-state index in [1.165, 1.54) is 19.1 Å². The number of ether oxygens (including phenoxy) is 3. The van der Waals surface area contributed by atoms with Gasteiger partial charge in [0.05, 0.1) is 33.1 Å². The van der Waals surface area contributed by atoms with Crippen molar-refractivity contribution < 1.29 is 23.8 Å². The van der Waals surface area contributed by atoms with Gasteiger partial charge in [-0.05, 0) is 36.0 Å². The lowest BCUT2D eigenvalue weighted by Crippen LogP contribution is -2.36. The van der Waals surface area contributed by atoms with Crippen LogP contribution in [-0.2, 0) is 25.6 Å². The molecule has 0 radical (unpaired) electrons. The molecular formula is C26H33NO5. The summed E-state index contributed by atoms with van der Waals surface area (Å²) in [6.07, 6.45) is 2.31. The minimum atomic E-state index is -0.620. The summed E-state index contributed by atoms with van der Waals surface area (Å²) in [6, 6.07) is 17.5. The van der Waals surface area contributed by atoms with Gasteiger partial charge in [-0.1, -0.05) is 68.5 Å². The number of carbonyl (C=O) groups is 2. The van der Waals surface area contributed by atoms with Crippen LogP contribution in [-0.4, -0.2) is 39.4 Å². The van der Waals surface area contributed by atoms with Crippen molar-refractivity contribution >= 4 is 23.3 Å². The first kappa shape index (κ1) is 25.1. The third-order valence-corrected chi connectivity index (χ3v) is 5.09. The van der Waals surface area contributed by atoms with E-state index in [1.54, 1.807) is 6.07 Å². The highest BCUT2D eigenvalue weighted by molar-refractivity contribution is 5.96. The minimum Gasteiger partial charge on any atom is -0.468 e. The smallest absolute Gasteiger partial charge is 0.414 e. The van der Waals surface area contributed by atoms with Crippen LogP contribution in [0.3, 0.4) is 0 Å². The zero-order chi connectivity index (χ0) is 23.6. The fraction of sp³-hybridized carbons (Fsp3) is 0.385. The van der Waals surface area contributed by atoms with Crippen LogP contribution in [0.5, 0.6) is 0 Å². The zero-order valence-corrected chi connectivity index (χ0v) is 19.6. The molecule has 2 aromatic rings. The summed E-state index contributed by atoms with van der Waals surface area (Å²) in [7, 11) is 2.58. The molecule has 0 fully saturated rings. The van der Waals surface area contributed by atoms with Crippen LogP contribution in [0.1, 0.15) is 38.3 Å². The fourth-order valence-electron chi connectivity index (χ4n) is 3.21. The van der Waals surface area contributed by atoms with E-state index in [9.17, 15) is 9.59 Å². The molecule has 0 unspecified atom stereocenters. The second-order valence-electron chi connectivity index (χ2n) is 8.38. The molecule has 32 heavy (non-hydrogen) atoms. The summed E-state index contributed by atoms with van der Waals surface area (Å²) < 4.78 is 15.6. The SMILES string of the molecule is COC(=O)CN(C(=O)OC)c1ccccc1/C(C)=C/CC(C)(C)COCc1ccccc1. The van der Waals surface area contributed by atoms with E-state index in [0.29, 0.717) is 18.9 Å². The number of hydrogen-bond donors (Lipinski definition) is 0. The van der Waals surface area contributed by atoms with Gasteiger partial charge in [0.25, 0.3) is 0 Å². The molecule has 0 aliphatic rings. The standard InChI is InChI=1S/C26H33NO5/c1-20(15-16-26(2,3)19-32-18-21-11-7-6-8-12-21)22-13-9-10-14-23(22)27(25(29)31-5)17-24(28)30-4/h6-15H,16-19H2,1-5H3/b20-15+. The Balaban J connectivity index is 2.13. The topological polar surface area (TPSA) is 65.1 Å². The van der Waals surface area contributed by atoms with Crippen LogP contribution >= 0.6 is 0 Å². The van der Waals surface area contributed by atoms with Crippen molar-refractivity contribution in [1.29, 1.82) is 0 Å². The summed E-state index contributed by atoms with van der Waals surface area (Å²) in [4.78, 5) is 25.5. The van der Waals surface area contributed by atoms with Gasteiger partial charge in [0.15, 0.2) is 0 Å². The van der Waals surface area contributed by atoms with Gasteiger partial charge in [0.1, 0.15) is 6.54 Å². The number of carbonyl (C=O) groups excluding carboxylic acids is 2. The molecule has 0 aliphatic heterocycles. The molecule has 0 spiro atoms. The van der Waals surface area contributed by atoms with E-state index < -0.39 is 12.1 Å². The Hall–Kier alpha value is -3.12. The Morgan fingerprint density at radius 1 is 0.969 bits per heavy atom. The highest BCUT2D eigenvalue weighted by Crippen LogP contribution is 2.30. The molecule has 6 nitrogen and oxygen atoms in total. The predicted molar refractivity (Wildman–Crippen MR) is 126 cm³/mol. The summed E-state index contributed by atoms with van der Waals surface area (Å²) in [5.74, 6) is -0.525. The number of anilines is 1. The van der Waals surface area contributed by atoms with E-state index in [4.69, 9.17) is 14.2 Å².